The topological polar surface area (TPSA) is 41.1 Å². The summed E-state index contributed by atoms with van der Waals surface area (Å²) < 4.78 is 50.9. The Hall–Kier alpha value is -1.79. The molecule has 3 nitrogen and oxygen atoms in total. The van der Waals surface area contributed by atoms with Gasteiger partial charge in [0.1, 0.15) is 17.3 Å². The van der Waals surface area contributed by atoms with Crippen LogP contribution in [0.1, 0.15) is 23.7 Å². The van der Waals surface area contributed by atoms with Gasteiger partial charge in [-0.25, -0.2) is 17.6 Å². The highest BCUT2D eigenvalue weighted by Crippen LogP contribution is 2.20. The zero-order valence-corrected chi connectivity index (χ0v) is 10.3. The van der Waals surface area contributed by atoms with Crippen LogP contribution in [-0.4, -0.2) is 25.4 Å². The molecule has 106 valence electrons. The van der Waals surface area contributed by atoms with E-state index in [1.807, 2.05) is 12.2 Å². The Kier molecular flexibility index (Phi) is 5.59. The van der Waals surface area contributed by atoms with Gasteiger partial charge in [0.25, 0.3) is 12.3 Å². The lowest BCUT2D eigenvalue weighted by atomic mass is 10.1. The van der Waals surface area contributed by atoms with Crippen LogP contribution in [0.3, 0.4) is 0 Å². The van der Waals surface area contributed by atoms with E-state index in [1.165, 1.54) is 0 Å². The molecule has 1 aromatic rings. The number of carbonyl (C=O) groups excluding carboxylic acids is 1. The summed E-state index contributed by atoms with van der Waals surface area (Å²) in [5.74, 6) is -2.81. The van der Waals surface area contributed by atoms with Crippen molar-refractivity contribution in [1.82, 2.24) is 5.32 Å². The van der Waals surface area contributed by atoms with Crippen LogP contribution in [0, 0.1) is 11.6 Å². The minimum Gasteiger partial charge on any atom is -0.380 e. The van der Waals surface area contributed by atoms with Gasteiger partial charge >= 0.3 is 0 Å². The van der Waals surface area contributed by atoms with Gasteiger partial charge in [0.15, 0.2) is 0 Å². The van der Waals surface area contributed by atoms with Crippen molar-refractivity contribution in [3.05, 3.63) is 29.3 Å². The van der Waals surface area contributed by atoms with Crippen molar-refractivity contribution >= 4 is 11.6 Å². The SMILES string of the molecule is CCCNc1c(F)cc(C(=O)NCC(F)F)cc1F. The molecule has 1 amide bonds. The first kappa shape index (κ1) is 15.3. The predicted molar refractivity (Wildman–Crippen MR) is 63.5 cm³/mol. The first-order chi connectivity index (χ1) is 8.95. The molecule has 0 atom stereocenters. The minimum absolute atomic E-state index is 0.327. The number of amides is 1. The van der Waals surface area contributed by atoms with Crippen LogP contribution >= 0.6 is 0 Å². The van der Waals surface area contributed by atoms with Gasteiger partial charge in [-0.05, 0) is 18.6 Å². The molecule has 7 heteroatoms. The molecule has 1 aromatic carbocycles. The highest BCUT2D eigenvalue weighted by atomic mass is 19.3. The van der Waals surface area contributed by atoms with E-state index in [1.54, 1.807) is 0 Å². The van der Waals surface area contributed by atoms with E-state index in [4.69, 9.17) is 0 Å². The summed E-state index contributed by atoms with van der Waals surface area (Å²) in [6, 6.07) is 1.61. The summed E-state index contributed by atoms with van der Waals surface area (Å²) in [7, 11) is 0. The van der Waals surface area contributed by atoms with Crippen molar-refractivity contribution in [2.24, 2.45) is 0 Å². The van der Waals surface area contributed by atoms with Gasteiger partial charge in [0.05, 0.1) is 6.54 Å². The van der Waals surface area contributed by atoms with Crippen LogP contribution in [0.5, 0.6) is 0 Å². The number of nitrogens with one attached hydrogen (secondary N) is 2. The Morgan fingerprint density at radius 3 is 2.32 bits per heavy atom. The second-order valence-electron chi connectivity index (χ2n) is 3.84. The first-order valence-electron chi connectivity index (χ1n) is 5.75. The molecular weight excluding hydrogens is 264 g/mol. The summed E-state index contributed by atoms with van der Waals surface area (Å²) in [5, 5.41) is 4.42. The average molecular weight is 278 g/mol. The highest BCUT2D eigenvalue weighted by molar-refractivity contribution is 5.94. The van der Waals surface area contributed by atoms with E-state index >= 15 is 0 Å². The lowest BCUT2D eigenvalue weighted by molar-refractivity contribution is 0.0891. The van der Waals surface area contributed by atoms with Gasteiger partial charge in [0, 0.05) is 12.1 Å². The van der Waals surface area contributed by atoms with E-state index in [-0.39, 0.29) is 11.3 Å². The Bertz CT molecular complexity index is 428. The summed E-state index contributed by atoms with van der Waals surface area (Å²) in [4.78, 5) is 11.4. The molecule has 0 radical (unpaired) electrons. The van der Waals surface area contributed by atoms with E-state index in [0.29, 0.717) is 13.0 Å². The standard InChI is InChI=1S/C12H14F4N2O/c1-2-3-17-11-8(13)4-7(5-9(11)14)12(19)18-6-10(15)16/h4-5,10,17H,2-3,6H2,1H3,(H,18,19). The number of rotatable bonds is 6. The largest absolute Gasteiger partial charge is 0.380 e. The molecule has 0 aliphatic heterocycles. The van der Waals surface area contributed by atoms with Crippen LogP contribution in [0.25, 0.3) is 0 Å². The number of alkyl halides is 2. The van der Waals surface area contributed by atoms with Crippen molar-refractivity contribution in [3.63, 3.8) is 0 Å². The highest BCUT2D eigenvalue weighted by Gasteiger charge is 2.15. The molecule has 1 rings (SSSR count). The van der Waals surface area contributed by atoms with Gasteiger partial charge in [0.2, 0.25) is 0 Å². The van der Waals surface area contributed by atoms with Gasteiger partial charge in [-0.2, -0.15) is 0 Å². The van der Waals surface area contributed by atoms with Gasteiger partial charge in [-0.15, -0.1) is 0 Å². The van der Waals surface area contributed by atoms with Crippen LogP contribution in [0.2, 0.25) is 0 Å². The maximum atomic E-state index is 13.6. The fourth-order valence-electron chi connectivity index (χ4n) is 1.40. The zero-order chi connectivity index (χ0) is 14.4. The van der Waals surface area contributed by atoms with Gasteiger partial charge in [-0.3, -0.25) is 4.79 Å². The van der Waals surface area contributed by atoms with Crippen molar-refractivity contribution < 1.29 is 22.4 Å². The fourth-order valence-corrected chi connectivity index (χ4v) is 1.40. The third-order valence-electron chi connectivity index (χ3n) is 2.27. The third-order valence-corrected chi connectivity index (χ3v) is 2.27. The van der Waals surface area contributed by atoms with Crippen LogP contribution in [0.4, 0.5) is 23.2 Å². The number of hydrogen-bond donors (Lipinski definition) is 2. The molecule has 0 heterocycles. The van der Waals surface area contributed by atoms with Crippen LogP contribution < -0.4 is 10.6 Å². The number of anilines is 1. The molecule has 0 spiro atoms. The second-order valence-corrected chi connectivity index (χ2v) is 3.84. The molecule has 0 saturated heterocycles. The smallest absolute Gasteiger partial charge is 0.255 e. The number of benzene rings is 1. The molecule has 2 N–H and O–H groups in total. The molecule has 0 unspecified atom stereocenters. The maximum Gasteiger partial charge on any atom is 0.255 e. The first-order valence-corrected chi connectivity index (χ1v) is 5.75. The number of halogens is 4. The van der Waals surface area contributed by atoms with Crippen molar-refractivity contribution in [1.29, 1.82) is 0 Å². The molecule has 0 aliphatic carbocycles. The normalized spacial score (nSPS) is 10.6. The average Bonchev–Trinajstić information content (AvgIpc) is 2.34. The van der Waals surface area contributed by atoms with Crippen LogP contribution in [0.15, 0.2) is 12.1 Å². The van der Waals surface area contributed by atoms with E-state index in [2.05, 4.69) is 5.32 Å². The molecule has 0 aromatic heterocycles. The Morgan fingerprint density at radius 2 is 1.84 bits per heavy atom. The zero-order valence-electron chi connectivity index (χ0n) is 10.3. The van der Waals surface area contributed by atoms with Crippen molar-refractivity contribution in [2.75, 3.05) is 18.4 Å². The Morgan fingerprint density at radius 1 is 1.26 bits per heavy atom. The van der Waals surface area contributed by atoms with E-state index in [9.17, 15) is 22.4 Å². The molecule has 0 fully saturated rings. The molecule has 0 aliphatic rings. The molecule has 0 saturated carbocycles. The van der Waals surface area contributed by atoms with Gasteiger partial charge in [-0.1, -0.05) is 6.92 Å². The Labute approximate surface area is 108 Å². The maximum absolute atomic E-state index is 13.6. The summed E-state index contributed by atoms with van der Waals surface area (Å²) in [6.45, 7) is 1.34. The van der Waals surface area contributed by atoms with Crippen molar-refractivity contribution in [3.8, 4) is 0 Å². The predicted octanol–water partition coefficient (Wildman–Crippen LogP) is 2.78. The van der Waals surface area contributed by atoms with Crippen molar-refractivity contribution in [2.45, 2.75) is 19.8 Å². The van der Waals surface area contributed by atoms with Gasteiger partial charge < -0.3 is 10.6 Å². The Balaban J connectivity index is 2.84. The molecule has 0 bridgehead atoms. The second kappa shape index (κ2) is 6.96. The van der Waals surface area contributed by atoms with E-state index < -0.39 is 30.5 Å². The lowest BCUT2D eigenvalue weighted by Crippen LogP contribution is -2.28. The lowest BCUT2D eigenvalue weighted by Gasteiger charge is -2.10. The summed E-state index contributed by atoms with van der Waals surface area (Å²) in [6.07, 6.45) is -2.04. The third kappa shape index (κ3) is 4.42. The fraction of sp³-hybridized carbons (Fsp3) is 0.417. The minimum atomic E-state index is -2.72. The van der Waals surface area contributed by atoms with Crippen LogP contribution in [-0.2, 0) is 0 Å². The quantitative estimate of drug-likeness (QED) is 0.786. The number of carbonyl (C=O) groups is 1. The molecular formula is C12H14F4N2O. The summed E-state index contributed by atoms with van der Waals surface area (Å²) >= 11 is 0. The summed E-state index contributed by atoms with van der Waals surface area (Å²) in [5.41, 5.74) is -0.662. The van der Waals surface area contributed by atoms with E-state index in [0.717, 1.165) is 12.1 Å². The number of hydrogen-bond acceptors (Lipinski definition) is 2. The molecule has 19 heavy (non-hydrogen) atoms. The monoisotopic (exact) mass is 278 g/mol.